The zero-order valence-corrected chi connectivity index (χ0v) is 11.8. The second kappa shape index (κ2) is 6.62. The van der Waals surface area contributed by atoms with Crippen molar-refractivity contribution in [1.29, 1.82) is 0 Å². The van der Waals surface area contributed by atoms with E-state index < -0.39 is 11.6 Å². The molecule has 0 saturated carbocycles. The minimum absolute atomic E-state index is 0.0902. The Morgan fingerprint density at radius 2 is 1.65 bits per heavy atom. The summed E-state index contributed by atoms with van der Waals surface area (Å²) in [6.07, 6.45) is 0.303. The molecule has 0 aliphatic heterocycles. The van der Waals surface area contributed by atoms with Crippen LogP contribution in [-0.2, 0) is 6.42 Å². The van der Waals surface area contributed by atoms with Crippen molar-refractivity contribution in [2.75, 3.05) is 6.54 Å². The normalized spacial score (nSPS) is 12.4. The molecule has 2 aromatic carbocycles. The molecular formula is C17H19F2N. The summed E-state index contributed by atoms with van der Waals surface area (Å²) in [5, 5.41) is 3.31. The Labute approximate surface area is 118 Å². The average molecular weight is 275 g/mol. The molecule has 2 rings (SSSR count). The van der Waals surface area contributed by atoms with Crippen LogP contribution in [0.1, 0.15) is 29.7 Å². The summed E-state index contributed by atoms with van der Waals surface area (Å²) in [5.74, 6) is -0.969. The highest BCUT2D eigenvalue weighted by Gasteiger charge is 2.17. The summed E-state index contributed by atoms with van der Waals surface area (Å²) in [6.45, 7) is 4.75. The van der Waals surface area contributed by atoms with Crippen molar-refractivity contribution < 1.29 is 8.78 Å². The highest BCUT2D eigenvalue weighted by molar-refractivity contribution is 5.31. The number of rotatable bonds is 5. The van der Waals surface area contributed by atoms with Gasteiger partial charge in [0.05, 0.1) is 0 Å². The second-order valence-corrected chi connectivity index (χ2v) is 4.87. The van der Waals surface area contributed by atoms with Crippen molar-refractivity contribution in [1.82, 2.24) is 5.32 Å². The Morgan fingerprint density at radius 3 is 2.25 bits per heavy atom. The molecule has 0 heterocycles. The Kier molecular flexibility index (Phi) is 4.85. The topological polar surface area (TPSA) is 12.0 Å². The summed E-state index contributed by atoms with van der Waals surface area (Å²) in [6, 6.07) is 11.8. The molecule has 0 aliphatic rings. The van der Waals surface area contributed by atoms with Crippen LogP contribution < -0.4 is 5.32 Å². The fourth-order valence-corrected chi connectivity index (χ4v) is 2.45. The van der Waals surface area contributed by atoms with Crippen LogP contribution in [-0.4, -0.2) is 6.54 Å². The SMILES string of the molecule is CCNC(Cc1c(F)cccc1F)c1ccccc1C. The lowest BCUT2D eigenvalue weighted by atomic mass is 9.95. The van der Waals surface area contributed by atoms with E-state index in [0.29, 0.717) is 6.42 Å². The van der Waals surface area contributed by atoms with Crippen molar-refractivity contribution in [2.45, 2.75) is 26.3 Å². The van der Waals surface area contributed by atoms with Crippen LogP contribution in [0.5, 0.6) is 0 Å². The lowest BCUT2D eigenvalue weighted by molar-refractivity contribution is 0.498. The third kappa shape index (κ3) is 3.23. The Balaban J connectivity index is 2.33. The molecule has 3 heteroatoms. The molecule has 20 heavy (non-hydrogen) atoms. The van der Waals surface area contributed by atoms with E-state index in [4.69, 9.17) is 0 Å². The number of likely N-dealkylation sites (N-methyl/N-ethyl adjacent to an activating group) is 1. The highest BCUT2D eigenvalue weighted by Crippen LogP contribution is 2.24. The molecule has 2 aromatic rings. The van der Waals surface area contributed by atoms with Gasteiger partial charge in [0.25, 0.3) is 0 Å². The average Bonchev–Trinajstić information content (AvgIpc) is 2.43. The summed E-state index contributed by atoms with van der Waals surface area (Å²) < 4.78 is 27.6. The van der Waals surface area contributed by atoms with Crippen molar-refractivity contribution in [3.8, 4) is 0 Å². The first-order valence-electron chi connectivity index (χ1n) is 6.85. The van der Waals surface area contributed by atoms with Crippen LogP contribution >= 0.6 is 0 Å². The largest absolute Gasteiger partial charge is 0.310 e. The van der Waals surface area contributed by atoms with Gasteiger partial charge in [-0.2, -0.15) is 0 Å². The quantitative estimate of drug-likeness (QED) is 0.863. The monoisotopic (exact) mass is 275 g/mol. The minimum atomic E-state index is -0.485. The van der Waals surface area contributed by atoms with Gasteiger partial charge >= 0.3 is 0 Å². The van der Waals surface area contributed by atoms with Gasteiger partial charge in [-0.1, -0.05) is 37.3 Å². The van der Waals surface area contributed by atoms with Crippen molar-refractivity contribution in [2.24, 2.45) is 0 Å². The van der Waals surface area contributed by atoms with Gasteiger partial charge in [-0.25, -0.2) is 8.78 Å². The molecule has 1 unspecified atom stereocenters. The molecule has 1 atom stereocenters. The van der Waals surface area contributed by atoms with Crippen LogP contribution in [0.25, 0.3) is 0 Å². The summed E-state index contributed by atoms with van der Waals surface area (Å²) >= 11 is 0. The summed E-state index contributed by atoms with van der Waals surface area (Å²) in [5.41, 5.74) is 2.34. The van der Waals surface area contributed by atoms with Gasteiger partial charge in [0.1, 0.15) is 11.6 Å². The molecule has 1 nitrogen and oxygen atoms in total. The van der Waals surface area contributed by atoms with Crippen LogP contribution in [0.2, 0.25) is 0 Å². The third-order valence-electron chi connectivity index (χ3n) is 3.48. The van der Waals surface area contributed by atoms with E-state index >= 15 is 0 Å². The van der Waals surface area contributed by atoms with Crippen LogP contribution in [0.15, 0.2) is 42.5 Å². The smallest absolute Gasteiger partial charge is 0.129 e. The van der Waals surface area contributed by atoms with Gasteiger partial charge in [-0.15, -0.1) is 0 Å². The fourth-order valence-electron chi connectivity index (χ4n) is 2.45. The molecular weight excluding hydrogens is 256 g/mol. The summed E-state index contributed by atoms with van der Waals surface area (Å²) in [7, 11) is 0. The lowest BCUT2D eigenvalue weighted by Crippen LogP contribution is -2.24. The molecule has 0 bridgehead atoms. The third-order valence-corrected chi connectivity index (χ3v) is 3.48. The van der Waals surface area contributed by atoms with Gasteiger partial charge in [0.15, 0.2) is 0 Å². The Hall–Kier alpha value is -1.74. The van der Waals surface area contributed by atoms with Crippen LogP contribution in [0.4, 0.5) is 8.78 Å². The number of halogens is 2. The maximum absolute atomic E-state index is 13.8. The number of benzene rings is 2. The van der Waals surface area contributed by atoms with E-state index in [0.717, 1.165) is 17.7 Å². The van der Waals surface area contributed by atoms with Crippen molar-refractivity contribution >= 4 is 0 Å². The molecule has 0 radical (unpaired) electrons. The van der Waals surface area contributed by atoms with Gasteiger partial charge in [-0.05, 0) is 43.1 Å². The van der Waals surface area contributed by atoms with E-state index in [1.54, 1.807) is 0 Å². The molecule has 0 amide bonds. The molecule has 0 aliphatic carbocycles. The van der Waals surface area contributed by atoms with Gasteiger partial charge in [0.2, 0.25) is 0 Å². The zero-order valence-electron chi connectivity index (χ0n) is 11.8. The van der Waals surface area contributed by atoms with E-state index in [-0.39, 0.29) is 11.6 Å². The second-order valence-electron chi connectivity index (χ2n) is 4.87. The molecule has 0 spiro atoms. The first kappa shape index (κ1) is 14.7. The fraction of sp³-hybridized carbons (Fsp3) is 0.294. The standard InChI is InChI=1S/C17H19F2N/c1-3-20-17(13-8-5-4-7-12(13)2)11-14-15(18)9-6-10-16(14)19/h4-10,17,20H,3,11H2,1-2H3. The molecule has 1 N–H and O–H groups in total. The van der Waals surface area contributed by atoms with E-state index in [2.05, 4.69) is 5.32 Å². The molecule has 0 fully saturated rings. The van der Waals surface area contributed by atoms with Crippen molar-refractivity contribution in [3.63, 3.8) is 0 Å². The van der Waals surface area contributed by atoms with E-state index in [1.807, 2.05) is 38.1 Å². The maximum atomic E-state index is 13.8. The van der Waals surface area contributed by atoms with E-state index in [1.165, 1.54) is 18.2 Å². The maximum Gasteiger partial charge on any atom is 0.129 e. The Bertz CT molecular complexity index is 561. The number of hydrogen-bond donors (Lipinski definition) is 1. The van der Waals surface area contributed by atoms with Gasteiger partial charge in [0, 0.05) is 11.6 Å². The highest BCUT2D eigenvalue weighted by atomic mass is 19.1. The minimum Gasteiger partial charge on any atom is -0.310 e. The van der Waals surface area contributed by atoms with Crippen molar-refractivity contribution in [3.05, 3.63) is 70.8 Å². The predicted octanol–water partition coefficient (Wildman–Crippen LogP) is 4.17. The summed E-state index contributed by atoms with van der Waals surface area (Å²) in [4.78, 5) is 0. The molecule has 0 aromatic heterocycles. The van der Waals surface area contributed by atoms with Gasteiger partial charge < -0.3 is 5.32 Å². The predicted molar refractivity (Wildman–Crippen MR) is 77.7 cm³/mol. The number of aryl methyl sites for hydroxylation is 1. The van der Waals surface area contributed by atoms with Crippen LogP contribution in [0.3, 0.4) is 0 Å². The lowest BCUT2D eigenvalue weighted by Gasteiger charge is -2.21. The van der Waals surface area contributed by atoms with Gasteiger partial charge in [-0.3, -0.25) is 0 Å². The number of hydrogen-bond acceptors (Lipinski definition) is 1. The molecule has 0 saturated heterocycles. The van der Waals surface area contributed by atoms with E-state index in [9.17, 15) is 8.78 Å². The first-order valence-corrected chi connectivity index (χ1v) is 6.85. The first-order chi connectivity index (χ1) is 9.63. The molecule has 106 valence electrons. The zero-order chi connectivity index (χ0) is 14.5. The number of nitrogens with one attached hydrogen (secondary N) is 1. The Morgan fingerprint density at radius 1 is 1.00 bits per heavy atom. The van der Waals surface area contributed by atoms with Crippen LogP contribution in [0, 0.1) is 18.6 Å².